The van der Waals surface area contributed by atoms with Crippen LogP contribution < -0.4 is 21.2 Å². The number of hydrogen-bond acceptors (Lipinski definition) is 0. The van der Waals surface area contributed by atoms with E-state index < -0.39 is 7.25 Å². The second kappa shape index (κ2) is 10.2. The summed E-state index contributed by atoms with van der Waals surface area (Å²) in [4.78, 5) is 0. The van der Waals surface area contributed by atoms with Crippen LogP contribution >= 0.6 is 0 Å². The Balaban J connectivity index is 0.000000431. The number of benzene rings is 3. The zero-order chi connectivity index (χ0) is 18.8. The summed E-state index contributed by atoms with van der Waals surface area (Å²) in [5.74, 6) is 0. The summed E-state index contributed by atoms with van der Waals surface area (Å²) in [6.07, 6.45) is 0. The van der Waals surface area contributed by atoms with Crippen molar-refractivity contribution in [3.05, 3.63) is 110 Å². The summed E-state index contributed by atoms with van der Waals surface area (Å²) >= 11 is -0.127. The summed E-state index contributed by atoms with van der Waals surface area (Å²) in [5.41, 5.74) is 3.92. The molecule has 0 radical (unpaired) electrons. The molecule has 0 aromatic heterocycles. The Kier molecular flexibility index (Phi) is 7.90. The lowest BCUT2D eigenvalue weighted by atomic mass is 10.00. The predicted molar refractivity (Wildman–Crippen MR) is 95.3 cm³/mol. The molecule has 0 aliphatic heterocycles. The van der Waals surface area contributed by atoms with Gasteiger partial charge in [0.1, 0.15) is 0 Å². The van der Waals surface area contributed by atoms with Gasteiger partial charge in [-0.15, -0.1) is 0 Å². The first-order chi connectivity index (χ1) is 12.4. The standard InChI is InChI=1S/C20H16I.BF4/c1-4-10-17(11-5-1)20(18-12-6-2-7-13-18)16-21-19-14-8-3-9-15-19;2-1(3,4)5/h1-16H;/q+1;-1. The Hall–Kier alpha value is -2.09. The van der Waals surface area contributed by atoms with Gasteiger partial charge in [0.2, 0.25) is 0 Å². The molecule has 0 spiro atoms. The van der Waals surface area contributed by atoms with Gasteiger partial charge in [-0.25, -0.2) is 0 Å². The highest BCUT2D eigenvalue weighted by Gasteiger charge is 2.20. The van der Waals surface area contributed by atoms with E-state index in [1.807, 2.05) is 0 Å². The second-order valence-electron chi connectivity index (χ2n) is 5.15. The van der Waals surface area contributed by atoms with Crippen LogP contribution in [0.25, 0.3) is 5.57 Å². The van der Waals surface area contributed by atoms with E-state index in [2.05, 4.69) is 95.1 Å². The lowest BCUT2D eigenvalue weighted by Gasteiger charge is -2.04. The summed E-state index contributed by atoms with van der Waals surface area (Å²) in [6.45, 7) is 0. The minimum atomic E-state index is -6.00. The summed E-state index contributed by atoms with van der Waals surface area (Å²) in [5, 5.41) is 0. The van der Waals surface area contributed by atoms with E-state index >= 15 is 0 Å². The Bertz CT molecular complexity index is 756. The molecule has 3 aromatic rings. The number of halogens is 5. The number of hydrogen-bond donors (Lipinski definition) is 0. The molecule has 0 N–H and O–H groups in total. The molecular weight excluding hydrogens is 454 g/mol. The van der Waals surface area contributed by atoms with Crippen LogP contribution in [-0.2, 0) is 0 Å². The van der Waals surface area contributed by atoms with Crippen molar-refractivity contribution < 1.29 is 38.5 Å². The van der Waals surface area contributed by atoms with E-state index in [4.69, 9.17) is 0 Å². The van der Waals surface area contributed by atoms with Crippen LogP contribution in [0.5, 0.6) is 0 Å². The normalized spacial score (nSPS) is 10.5. The van der Waals surface area contributed by atoms with Crippen molar-refractivity contribution in [2.24, 2.45) is 0 Å². The van der Waals surface area contributed by atoms with Crippen molar-refractivity contribution in [1.82, 2.24) is 0 Å². The first kappa shape index (κ1) is 20.2. The molecule has 0 saturated carbocycles. The summed E-state index contributed by atoms with van der Waals surface area (Å²) in [6, 6.07) is 32.1. The maximum atomic E-state index is 9.75. The Morgan fingerprint density at radius 1 is 0.615 bits per heavy atom. The first-order valence-electron chi connectivity index (χ1n) is 7.80. The largest absolute Gasteiger partial charge is 0.673 e. The van der Waals surface area contributed by atoms with Crippen molar-refractivity contribution in [3.63, 3.8) is 0 Å². The second-order valence-corrected chi connectivity index (χ2v) is 7.65. The van der Waals surface area contributed by atoms with Crippen molar-refractivity contribution in [2.45, 2.75) is 0 Å². The van der Waals surface area contributed by atoms with Gasteiger partial charge in [-0.2, -0.15) is 0 Å². The monoisotopic (exact) mass is 470 g/mol. The van der Waals surface area contributed by atoms with E-state index in [1.54, 1.807) is 0 Å². The number of rotatable bonds is 4. The molecule has 0 atom stereocenters. The van der Waals surface area contributed by atoms with Gasteiger partial charge >= 0.3 is 28.5 Å². The molecule has 0 bridgehead atoms. The lowest BCUT2D eigenvalue weighted by molar-refractivity contribution is -0.556. The van der Waals surface area contributed by atoms with Crippen LogP contribution in [-0.4, -0.2) is 7.25 Å². The van der Waals surface area contributed by atoms with E-state index in [0.29, 0.717) is 0 Å². The van der Waals surface area contributed by atoms with Gasteiger partial charge in [0, 0.05) is 5.57 Å². The third-order valence-corrected chi connectivity index (χ3v) is 5.56. The molecule has 0 aliphatic rings. The molecule has 0 fully saturated rings. The van der Waals surface area contributed by atoms with Crippen LogP contribution in [0.4, 0.5) is 17.3 Å². The maximum absolute atomic E-state index is 9.75. The molecule has 0 amide bonds. The Morgan fingerprint density at radius 2 is 0.962 bits per heavy atom. The molecule has 134 valence electrons. The molecule has 0 unspecified atom stereocenters. The molecule has 26 heavy (non-hydrogen) atoms. The Labute approximate surface area is 160 Å². The molecule has 6 heteroatoms. The molecule has 0 heterocycles. The summed E-state index contributed by atoms with van der Waals surface area (Å²) in [7, 11) is -6.00. The van der Waals surface area contributed by atoms with Crippen LogP contribution in [0.15, 0.2) is 95.1 Å². The SMILES string of the molecule is C([I+]c1ccccc1)=C(c1ccccc1)c1ccccc1.F[B-](F)(F)F. The van der Waals surface area contributed by atoms with Crippen molar-refractivity contribution in [1.29, 1.82) is 0 Å². The molecule has 3 aromatic carbocycles. The fourth-order valence-electron chi connectivity index (χ4n) is 2.13. The maximum Gasteiger partial charge on any atom is 0.673 e. The topological polar surface area (TPSA) is 0 Å². The molecule has 0 aliphatic carbocycles. The van der Waals surface area contributed by atoms with Crippen molar-refractivity contribution in [2.75, 3.05) is 0 Å². The smallest absolute Gasteiger partial charge is 0.418 e. The van der Waals surface area contributed by atoms with Crippen LogP contribution in [0.2, 0.25) is 0 Å². The van der Waals surface area contributed by atoms with Crippen LogP contribution in [0.3, 0.4) is 0 Å². The summed E-state index contributed by atoms with van der Waals surface area (Å²) < 4.78 is 42.9. The minimum absolute atomic E-state index is 0.127. The van der Waals surface area contributed by atoms with E-state index in [-0.39, 0.29) is 21.2 Å². The van der Waals surface area contributed by atoms with Crippen LogP contribution in [0, 0.1) is 3.57 Å². The minimum Gasteiger partial charge on any atom is -0.418 e. The van der Waals surface area contributed by atoms with Gasteiger partial charge in [-0.1, -0.05) is 78.9 Å². The fraction of sp³-hybridized carbons (Fsp3) is 0. The highest BCUT2D eigenvalue weighted by atomic mass is 127. The van der Waals surface area contributed by atoms with Gasteiger partial charge < -0.3 is 17.3 Å². The van der Waals surface area contributed by atoms with Crippen molar-refractivity contribution >= 4 is 12.8 Å². The van der Waals surface area contributed by atoms with Crippen LogP contribution in [0.1, 0.15) is 11.1 Å². The fourth-order valence-corrected chi connectivity index (χ4v) is 4.35. The molecular formula is C20H16BF4I. The van der Waals surface area contributed by atoms with Gasteiger partial charge in [0.25, 0.3) is 0 Å². The Morgan fingerprint density at radius 3 is 1.35 bits per heavy atom. The molecule has 0 nitrogen and oxygen atoms in total. The predicted octanol–water partition coefficient (Wildman–Crippen LogP) is 3.33. The molecule has 3 rings (SSSR count). The molecule has 0 saturated heterocycles. The third kappa shape index (κ3) is 7.86. The van der Waals surface area contributed by atoms with Crippen molar-refractivity contribution in [3.8, 4) is 0 Å². The average molecular weight is 470 g/mol. The van der Waals surface area contributed by atoms with Gasteiger partial charge in [-0.3, -0.25) is 0 Å². The van der Waals surface area contributed by atoms with Gasteiger partial charge in [-0.05, 0) is 23.3 Å². The van der Waals surface area contributed by atoms with Gasteiger partial charge in [0.05, 0.1) is 0 Å². The van der Waals surface area contributed by atoms with E-state index in [0.717, 1.165) is 0 Å². The van der Waals surface area contributed by atoms with E-state index in [9.17, 15) is 17.3 Å². The lowest BCUT2D eigenvalue weighted by Crippen LogP contribution is -3.59. The average Bonchev–Trinajstić information content (AvgIpc) is 2.63. The third-order valence-electron chi connectivity index (χ3n) is 3.19. The first-order valence-corrected chi connectivity index (χ1v) is 10.1. The highest BCUT2D eigenvalue weighted by Crippen LogP contribution is 2.21. The highest BCUT2D eigenvalue weighted by molar-refractivity contribution is 6.50. The van der Waals surface area contributed by atoms with Gasteiger partial charge in [0.15, 0.2) is 7.65 Å². The van der Waals surface area contributed by atoms with E-state index in [1.165, 1.54) is 20.3 Å². The zero-order valence-electron chi connectivity index (χ0n) is 13.7. The quantitative estimate of drug-likeness (QED) is 0.312. The zero-order valence-corrected chi connectivity index (χ0v) is 15.9.